The van der Waals surface area contributed by atoms with Crippen molar-refractivity contribution in [3.05, 3.63) is 41.6 Å². The van der Waals surface area contributed by atoms with E-state index in [2.05, 4.69) is 9.82 Å². The minimum atomic E-state index is -4.16. The van der Waals surface area contributed by atoms with Crippen molar-refractivity contribution in [2.24, 2.45) is 0 Å². The van der Waals surface area contributed by atoms with Gasteiger partial charge in [0.15, 0.2) is 5.82 Å². The number of hydrogen-bond donors (Lipinski definition) is 1. The zero-order valence-corrected chi connectivity index (χ0v) is 12.6. The first kappa shape index (κ1) is 15.4. The van der Waals surface area contributed by atoms with Gasteiger partial charge in [0, 0.05) is 24.4 Å². The van der Waals surface area contributed by atoms with Gasteiger partial charge in [0.2, 0.25) is 0 Å². The van der Waals surface area contributed by atoms with Crippen LogP contribution in [0.25, 0.3) is 0 Å². The number of nitrogens with one attached hydrogen (secondary N) is 1. The van der Waals surface area contributed by atoms with E-state index in [1.54, 1.807) is 10.9 Å². The van der Waals surface area contributed by atoms with Gasteiger partial charge >= 0.3 is 0 Å². The molecule has 0 saturated carbocycles. The summed E-state index contributed by atoms with van der Waals surface area (Å²) < 4.78 is 54.9. The monoisotopic (exact) mass is 315 g/mol. The molecular formula is C13H15F2N3O2S. The van der Waals surface area contributed by atoms with Crippen LogP contribution in [0.2, 0.25) is 0 Å². The smallest absolute Gasteiger partial charge is 0.266 e. The average Bonchev–Trinajstić information content (AvgIpc) is 2.81. The van der Waals surface area contributed by atoms with Gasteiger partial charge in [0.05, 0.1) is 0 Å². The standard InChI is InChI=1S/C13H15F2N3O2S/c1-8(2)18-5-4-13(16-18)17-21(19,20)12-6-9(3)10(14)7-11(12)15/h4-8H,1-3H3,(H,16,17). The minimum absolute atomic E-state index is 0.0458. The number of nitrogens with zero attached hydrogens (tertiary/aromatic N) is 2. The Hall–Kier alpha value is -1.96. The zero-order valence-electron chi connectivity index (χ0n) is 11.8. The second-order valence-corrected chi connectivity index (χ2v) is 6.56. The van der Waals surface area contributed by atoms with E-state index in [4.69, 9.17) is 0 Å². The second kappa shape index (κ2) is 5.44. The van der Waals surface area contributed by atoms with Crippen molar-refractivity contribution in [2.75, 3.05) is 4.72 Å². The van der Waals surface area contributed by atoms with Crippen LogP contribution in [0.1, 0.15) is 25.5 Å². The van der Waals surface area contributed by atoms with Gasteiger partial charge in [-0.3, -0.25) is 9.40 Å². The first-order valence-corrected chi connectivity index (χ1v) is 7.72. The molecule has 1 heterocycles. The quantitative estimate of drug-likeness (QED) is 0.943. The number of rotatable bonds is 4. The maximum Gasteiger partial charge on any atom is 0.266 e. The molecule has 0 aliphatic heterocycles. The summed E-state index contributed by atoms with van der Waals surface area (Å²) in [5.41, 5.74) is 0.0458. The fourth-order valence-electron chi connectivity index (χ4n) is 1.71. The van der Waals surface area contributed by atoms with Crippen molar-refractivity contribution in [1.82, 2.24) is 9.78 Å². The summed E-state index contributed by atoms with van der Waals surface area (Å²) in [5.74, 6) is -1.87. The predicted molar refractivity (Wildman–Crippen MR) is 74.5 cm³/mol. The molecule has 0 saturated heterocycles. The molecule has 0 radical (unpaired) electrons. The van der Waals surface area contributed by atoms with Crippen LogP contribution in [-0.4, -0.2) is 18.2 Å². The Balaban J connectivity index is 2.36. The fraction of sp³-hybridized carbons (Fsp3) is 0.308. The van der Waals surface area contributed by atoms with Gasteiger partial charge in [-0.2, -0.15) is 5.10 Å². The summed E-state index contributed by atoms with van der Waals surface area (Å²) in [6, 6.07) is 3.03. The first-order chi connectivity index (χ1) is 9.70. The van der Waals surface area contributed by atoms with Crippen LogP contribution >= 0.6 is 0 Å². The summed E-state index contributed by atoms with van der Waals surface area (Å²) in [4.78, 5) is -0.611. The van der Waals surface area contributed by atoms with Crippen molar-refractivity contribution in [1.29, 1.82) is 0 Å². The Bertz CT molecular complexity index is 770. The van der Waals surface area contributed by atoms with E-state index in [9.17, 15) is 17.2 Å². The highest BCUT2D eigenvalue weighted by atomic mass is 32.2. The lowest BCUT2D eigenvalue weighted by molar-refractivity contribution is 0.533. The fourth-order valence-corrected chi connectivity index (χ4v) is 2.85. The third-order valence-electron chi connectivity index (χ3n) is 2.88. The van der Waals surface area contributed by atoms with Crippen LogP contribution < -0.4 is 4.72 Å². The lowest BCUT2D eigenvalue weighted by Crippen LogP contribution is -2.16. The molecule has 1 N–H and O–H groups in total. The van der Waals surface area contributed by atoms with Gasteiger partial charge in [-0.25, -0.2) is 17.2 Å². The zero-order chi connectivity index (χ0) is 15.8. The van der Waals surface area contributed by atoms with Crippen LogP contribution in [0, 0.1) is 18.6 Å². The normalized spacial score (nSPS) is 11.9. The number of anilines is 1. The van der Waals surface area contributed by atoms with Crippen molar-refractivity contribution in [2.45, 2.75) is 31.7 Å². The van der Waals surface area contributed by atoms with E-state index < -0.39 is 26.6 Å². The Morgan fingerprint density at radius 2 is 1.90 bits per heavy atom. The first-order valence-electron chi connectivity index (χ1n) is 6.24. The highest BCUT2D eigenvalue weighted by Crippen LogP contribution is 2.21. The van der Waals surface area contributed by atoms with E-state index in [-0.39, 0.29) is 17.4 Å². The summed E-state index contributed by atoms with van der Waals surface area (Å²) in [6.45, 7) is 5.13. The van der Waals surface area contributed by atoms with E-state index in [1.165, 1.54) is 13.0 Å². The molecule has 0 unspecified atom stereocenters. The highest BCUT2D eigenvalue weighted by molar-refractivity contribution is 7.92. The molecule has 2 aromatic rings. The van der Waals surface area contributed by atoms with Gasteiger partial charge in [-0.1, -0.05) is 0 Å². The van der Waals surface area contributed by atoms with Crippen molar-refractivity contribution in [3.63, 3.8) is 0 Å². The Morgan fingerprint density at radius 1 is 1.24 bits per heavy atom. The average molecular weight is 315 g/mol. The van der Waals surface area contributed by atoms with E-state index >= 15 is 0 Å². The molecule has 0 fully saturated rings. The molecule has 0 atom stereocenters. The molecule has 0 bridgehead atoms. The molecule has 1 aromatic carbocycles. The molecule has 114 valence electrons. The molecule has 0 amide bonds. The Kier molecular flexibility index (Phi) is 3.99. The topological polar surface area (TPSA) is 64.0 Å². The van der Waals surface area contributed by atoms with Crippen LogP contribution in [0.4, 0.5) is 14.6 Å². The van der Waals surface area contributed by atoms with Crippen molar-refractivity contribution in [3.8, 4) is 0 Å². The number of aryl methyl sites for hydroxylation is 1. The van der Waals surface area contributed by atoms with Crippen molar-refractivity contribution < 1.29 is 17.2 Å². The number of benzene rings is 1. The van der Waals surface area contributed by atoms with E-state index in [0.29, 0.717) is 6.07 Å². The SMILES string of the molecule is Cc1cc(S(=O)(=O)Nc2ccn(C(C)C)n2)c(F)cc1F. The molecular weight excluding hydrogens is 300 g/mol. The van der Waals surface area contributed by atoms with Gasteiger partial charge in [0.1, 0.15) is 16.5 Å². The largest absolute Gasteiger partial charge is 0.268 e. The van der Waals surface area contributed by atoms with Crippen LogP contribution in [0.5, 0.6) is 0 Å². The molecule has 5 nitrogen and oxygen atoms in total. The number of hydrogen-bond acceptors (Lipinski definition) is 3. The van der Waals surface area contributed by atoms with E-state index in [0.717, 1.165) is 6.07 Å². The lowest BCUT2D eigenvalue weighted by Gasteiger charge is -2.08. The lowest BCUT2D eigenvalue weighted by atomic mass is 10.2. The molecule has 1 aromatic heterocycles. The van der Waals surface area contributed by atoms with Gasteiger partial charge in [0.25, 0.3) is 10.0 Å². The van der Waals surface area contributed by atoms with Gasteiger partial charge < -0.3 is 0 Å². The van der Waals surface area contributed by atoms with Crippen molar-refractivity contribution >= 4 is 15.8 Å². The maximum absolute atomic E-state index is 13.7. The second-order valence-electron chi connectivity index (χ2n) is 4.91. The summed E-state index contributed by atoms with van der Waals surface area (Å²) in [7, 11) is -4.16. The van der Waals surface area contributed by atoms with Gasteiger partial charge in [-0.05, 0) is 32.4 Å². The van der Waals surface area contributed by atoms with Gasteiger partial charge in [-0.15, -0.1) is 0 Å². The minimum Gasteiger partial charge on any atom is -0.268 e. The predicted octanol–water partition coefficient (Wildman–Crippen LogP) is 2.85. The molecule has 0 aliphatic rings. The van der Waals surface area contributed by atoms with E-state index in [1.807, 2.05) is 13.8 Å². The number of sulfonamides is 1. The summed E-state index contributed by atoms with van der Waals surface area (Å²) in [6.07, 6.45) is 1.61. The van der Waals surface area contributed by atoms with Crippen LogP contribution in [0.15, 0.2) is 29.3 Å². The molecule has 2 rings (SSSR count). The summed E-state index contributed by atoms with van der Waals surface area (Å²) >= 11 is 0. The number of aromatic nitrogens is 2. The molecule has 0 aliphatic carbocycles. The highest BCUT2D eigenvalue weighted by Gasteiger charge is 2.22. The Morgan fingerprint density at radius 3 is 2.48 bits per heavy atom. The Labute approximate surface area is 121 Å². The molecule has 0 spiro atoms. The maximum atomic E-state index is 13.7. The third kappa shape index (κ3) is 3.21. The number of halogens is 2. The molecule has 21 heavy (non-hydrogen) atoms. The van der Waals surface area contributed by atoms with Crippen LogP contribution in [-0.2, 0) is 10.0 Å². The van der Waals surface area contributed by atoms with Crippen LogP contribution in [0.3, 0.4) is 0 Å². The third-order valence-corrected chi connectivity index (χ3v) is 4.25. The summed E-state index contributed by atoms with van der Waals surface area (Å²) in [5, 5.41) is 4.02. The molecule has 8 heteroatoms.